The van der Waals surface area contributed by atoms with Crippen molar-refractivity contribution in [3.8, 4) is 5.69 Å². The van der Waals surface area contributed by atoms with Crippen LogP contribution in [0.3, 0.4) is 0 Å². The molecule has 1 amide bonds. The van der Waals surface area contributed by atoms with Crippen LogP contribution in [0.1, 0.15) is 11.1 Å². The summed E-state index contributed by atoms with van der Waals surface area (Å²) in [7, 11) is 0. The Kier molecular flexibility index (Phi) is 8.30. The molecule has 2 heterocycles. The lowest BCUT2D eigenvalue weighted by Crippen LogP contribution is -2.38. The van der Waals surface area contributed by atoms with E-state index in [0.29, 0.717) is 25.5 Å². The molecular weight excluding hydrogens is 454 g/mol. The maximum absolute atomic E-state index is 12.5. The van der Waals surface area contributed by atoms with Crippen LogP contribution in [0.15, 0.2) is 58.6 Å². The van der Waals surface area contributed by atoms with Crippen molar-refractivity contribution in [3.05, 3.63) is 59.7 Å². The highest BCUT2D eigenvalue weighted by Gasteiger charge is 2.23. The number of ether oxygens (including phenoxy) is 1. The van der Waals surface area contributed by atoms with Crippen molar-refractivity contribution in [1.29, 1.82) is 0 Å². The van der Waals surface area contributed by atoms with Crippen molar-refractivity contribution in [2.45, 2.75) is 23.9 Å². The van der Waals surface area contributed by atoms with E-state index in [1.54, 1.807) is 11.8 Å². The number of rotatable bonds is 9. The maximum Gasteiger partial charge on any atom is 0.232 e. The zero-order valence-corrected chi connectivity index (χ0v) is 20.6. The number of benzene rings is 2. The number of aryl methyl sites for hydroxylation is 2. The van der Waals surface area contributed by atoms with Crippen LogP contribution >= 0.6 is 23.5 Å². The molecule has 1 aromatic heterocycles. The Hall–Kier alpha value is -2.49. The second-order valence-corrected chi connectivity index (χ2v) is 9.91. The van der Waals surface area contributed by atoms with Crippen LogP contribution in [0.25, 0.3) is 5.69 Å². The van der Waals surface area contributed by atoms with Crippen LogP contribution in [0.2, 0.25) is 0 Å². The topological polar surface area (TPSA) is 72.3 Å². The minimum Gasteiger partial charge on any atom is -0.378 e. The van der Waals surface area contributed by atoms with Gasteiger partial charge in [-0.05, 0) is 37.6 Å². The van der Waals surface area contributed by atoms with Crippen molar-refractivity contribution < 1.29 is 9.53 Å². The van der Waals surface area contributed by atoms with E-state index in [9.17, 15) is 4.79 Å². The molecule has 1 fully saturated rings. The highest BCUT2D eigenvalue weighted by molar-refractivity contribution is 7.99. The van der Waals surface area contributed by atoms with Gasteiger partial charge in [0.2, 0.25) is 11.9 Å². The Morgan fingerprint density at radius 2 is 1.79 bits per heavy atom. The highest BCUT2D eigenvalue weighted by atomic mass is 32.2. The third-order valence-electron chi connectivity index (χ3n) is 5.31. The van der Waals surface area contributed by atoms with Crippen LogP contribution in [-0.4, -0.2) is 65.0 Å². The number of morpholine rings is 1. The molecule has 33 heavy (non-hydrogen) atoms. The third-order valence-corrected chi connectivity index (χ3v) is 7.26. The Morgan fingerprint density at radius 3 is 2.55 bits per heavy atom. The van der Waals surface area contributed by atoms with Crippen LogP contribution in [0, 0.1) is 13.8 Å². The number of aromatic nitrogens is 3. The maximum atomic E-state index is 12.5. The number of nitrogens with one attached hydrogen (secondary N) is 1. The number of hydrogen-bond acceptors (Lipinski definition) is 7. The minimum absolute atomic E-state index is 0.00300. The smallest absolute Gasteiger partial charge is 0.232 e. The number of para-hydroxylation sites is 1. The van der Waals surface area contributed by atoms with E-state index >= 15 is 0 Å². The predicted octanol–water partition coefficient (Wildman–Crippen LogP) is 3.72. The Bertz CT molecular complexity index is 1060. The molecule has 1 aliphatic heterocycles. The molecule has 174 valence electrons. The first-order valence-electron chi connectivity index (χ1n) is 11.0. The van der Waals surface area contributed by atoms with Crippen LogP contribution < -0.4 is 10.2 Å². The molecule has 0 spiro atoms. The molecule has 4 rings (SSSR count). The molecule has 9 heteroatoms. The molecule has 1 N–H and O–H groups in total. The van der Waals surface area contributed by atoms with Gasteiger partial charge in [0, 0.05) is 30.3 Å². The normalized spacial score (nSPS) is 13.8. The Labute approximate surface area is 203 Å². The fraction of sp³-hybridized carbons (Fsp3) is 0.375. The van der Waals surface area contributed by atoms with Gasteiger partial charge in [0.05, 0.1) is 24.7 Å². The number of hydrogen-bond donors (Lipinski definition) is 1. The van der Waals surface area contributed by atoms with Gasteiger partial charge in [0.1, 0.15) is 0 Å². The highest BCUT2D eigenvalue weighted by Crippen LogP contribution is 2.28. The van der Waals surface area contributed by atoms with Crippen molar-refractivity contribution in [2.24, 2.45) is 0 Å². The molecule has 0 unspecified atom stereocenters. The zero-order chi connectivity index (χ0) is 23.0. The minimum atomic E-state index is -0.00300. The zero-order valence-electron chi connectivity index (χ0n) is 19.0. The van der Waals surface area contributed by atoms with Gasteiger partial charge in [-0.3, -0.25) is 9.36 Å². The predicted molar refractivity (Wildman–Crippen MR) is 135 cm³/mol. The summed E-state index contributed by atoms with van der Waals surface area (Å²) in [4.78, 5) is 15.9. The largest absolute Gasteiger partial charge is 0.378 e. The van der Waals surface area contributed by atoms with Gasteiger partial charge < -0.3 is 15.0 Å². The molecule has 0 saturated carbocycles. The molecule has 0 bridgehead atoms. The van der Waals surface area contributed by atoms with Crippen LogP contribution in [-0.2, 0) is 9.53 Å². The van der Waals surface area contributed by atoms with Crippen molar-refractivity contribution in [2.75, 3.05) is 49.3 Å². The van der Waals surface area contributed by atoms with Gasteiger partial charge in [0.15, 0.2) is 5.16 Å². The first kappa shape index (κ1) is 23.7. The van der Waals surface area contributed by atoms with E-state index in [2.05, 4.69) is 75.2 Å². The summed E-state index contributed by atoms with van der Waals surface area (Å²) in [5.41, 5.74) is 3.41. The Balaban J connectivity index is 1.37. The summed E-state index contributed by atoms with van der Waals surface area (Å²) in [6, 6.07) is 16.6. The fourth-order valence-electron chi connectivity index (χ4n) is 3.52. The molecule has 7 nitrogen and oxygen atoms in total. The molecule has 0 aliphatic carbocycles. The average molecular weight is 484 g/mol. The summed E-state index contributed by atoms with van der Waals surface area (Å²) in [6.07, 6.45) is 0. The van der Waals surface area contributed by atoms with E-state index in [4.69, 9.17) is 4.74 Å². The lowest BCUT2D eigenvalue weighted by atomic mass is 10.2. The lowest BCUT2D eigenvalue weighted by Gasteiger charge is -2.28. The second-order valence-electron chi connectivity index (χ2n) is 7.80. The van der Waals surface area contributed by atoms with Gasteiger partial charge in [-0.2, -0.15) is 0 Å². The molecule has 0 radical (unpaired) electrons. The molecular formula is C24H29N5O2S2. The number of anilines is 1. The van der Waals surface area contributed by atoms with E-state index in [1.807, 2.05) is 12.1 Å². The number of amides is 1. The third kappa shape index (κ3) is 6.31. The van der Waals surface area contributed by atoms with E-state index in [1.165, 1.54) is 22.2 Å². The van der Waals surface area contributed by atoms with Gasteiger partial charge in [-0.25, -0.2) is 0 Å². The quantitative estimate of drug-likeness (QED) is 0.367. The first-order chi connectivity index (χ1) is 16.1. The van der Waals surface area contributed by atoms with E-state index in [0.717, 1.165) is 41.2 Å². The van der Waals surface area contributed by atoms with E-state index < -0.39 is 0 Å². The Morgan fingerprint density at radius 1 is 1.03 bits per heavy atom. The fourth-order valence-corrected chi connectivity index (χ4v) is 5.06. The SMILES string of the molecule is Cc1ccc(SCCNC(=O)CSc2nnc(N3CCOCC3)n2-c2ccccc2C)cc1. The van der Waals surface area contributed by atoms with Gasteiger partial charge >= 0.3 is 0 Å². The van der Waals surface area contributed by atoms with Crippen molar-refractivity contribution in [3.63, 3.8) is 0 Å². The summed E-state index contributed by atoms with van der Waals surface area (Å²) < 4.78 is 7.56. The van der Waals surface area contributed by atoms with E-state index in [-0.39, 0.29) is 5.91 Å². The number of carbonyl (C=O) groups is 1. The van der Waals surface area contributed by atoms with Gasteiger partial charge in [-0.1, -0.05) is 47.7 Å². The average Bonchev–Trinajstić information content (AvgIpc) is 3.26. The van der Waals surface area contributed by atoms with Crippen molar-refractivity contribution in [1.82, 2.24) is 20.1 Å². The van der Waals surface area contributed by atoms with Gasteiger partial charge in [-0.15, -0.1) is 22.0 Å². The molecule has 3 aromatic rings. The molecule has 1 aliphatic rings. The van der Waals surface area contributed by atoms with Crippen LogP contribution in [0.5, 0.6) is 0 Å². The first-order valence-corrected chi connectivity index (χ1v) is 13.0. The van der Waals surface area contributed by atoms with Crippen LogP contribution in [0.4, 0.5) is 5.95 Å². The molecule has 0 atom stereocenters. The summed E-state index contributed by atoms with van der Waals surface area (Å²) in [5, 5.41) is 12.6. The summed E-state index contributed by atoms with van der Waals surface area (Å²) in [6.45, 7) is 7.67. The van der Waals surface area contributed by atoms with Crippen molar-refractivity contribution >= 4 is 35.4 Å². The number of thioether (sulfide) groups is 2. The summed E-state index contributed by atoms with van der Waals surface area (Å²) in [5.74, 6) is 1.92. The summed E-state index contributed by atoms with van der Waals surface area (Å²) >= 11 is 3.15. The number of carbonyl (C=O) groups excluding carboxylic acids is 1. The molecule has 1 saturated heterocycles. The molecule has 2 aromatic carbocycles. The number of nitrogens with zero attached hydrogens (tertiary/aromatic N) is 4. The standard InChI is InChI=1S/C24H29N5O2S2/c1-18-7-9-20(10-8-18)32-16-11-25-22(30)17-33-24-27-26-23(28-12-14-31-15-13-28)29(24)21-6-4-3-5-19(21)2/h3-10H,11-17H2,1-2H3,(H,25,30). The lowest BCUT2D eigenvalue weighted by molar-refractivity contribution is -0.118. The monoisotopic (exact) mass is 483 g/mol. The second kappa shape index (κ2) is 11.6. The van der Waals surface area contributed by atoms with Gasteiger partial charge in [0.25, 0.3) is 0 Å².